The molecule has 0 atom stereocenters. The summed E-state index contributed by atoms with van der Waals surface area (Å²) in [6.45, 7) is 3.69. The largest absolute Gasteiger partial charge is 0.493 e. The zero-order valence-electron chi connectivity index (χ0n) is 16.4. The van der Waals surface area contributed by atoms with Crippen LogP contribution in [0.2, 0.25) is 0 Å². The average Bonchev–Trinajstić information content (AvgIpc) is 2.70. The first-order valence-corrected chi connectivity index (χ1v) is 8.69. The first-order chi connectivity index (χ1) is 13.3. The number of carbonyl (C=O) groups is 2. The highest BCUT2D eigenvalue weighted by Crippen LogP contribution is 2.29. The fourth-order valence-corrected chi connectivity index (χ4v) is 2.63. The molecule has 0 spiro atoms. The van der Waals surface area contributed by atoms with Crippen molar-refractivity contribution in [1.82, 2.24) is 5.32 Å². The number of benzene rings is 2. The Morgan fingerprint density at radius 2 is 1.79 bits per heavy atom. The van der Waals surface area contributed by atoms with Crippen LogP contribution in [0.5, 0.6) is 11.5 Å². The molecule has 0 radical (unpaired) electrons. The maximum absolute atomic E-state index is 14.1. The lowest BCUT2D eigenvalue weighted by Crippen LogP contribution is -2.37. The minimum Gasteiger partial charge on any atom is -0.493 e. The van der Waals surface area contributed by atoms with Gasteiger partial charge in [-0.15, -0.1) is 0 Å². The van der Waals surface area contributed by atoms with Gasteiger partial charge in [-0.3, -0.25) is 4.79 Å². The molecular formula is C21H24FNO5. The topological polar surface area (TPSA) is 73.9 Å². The van der Waals surface area contributed by atoms with Crippen molar-refractivity contribution in [3.63, 3.8) is 0 Å². The summed E-state index contributed by atoms with van der Waals surface area (Å²) in [6, 6.07) is 11.1. The molecule has 1 N–H and O–H groups in total. The van der Waals surface area contributed by atoms with E-state index in [0.29, 0.717) is 22.6 Å². The van der Waals surface area contributed by atoms with Crippen LogP contribution in [0.1, 0.15) is 29.8 Å². The normalized spacial score (nSPS) is 10.9. The average molecular weight is 389 g/mol. The van der Waals surface area contributed by atoms with E-state index in [1.165, 1.54) is 26.4 Å². The van der Waals surface area contributed by atoms with Gasteiger partial charge in [0.15, 0.2) is 18.1 Å². The van der Waals surface area contributed by atoms with Gasteiger partial charge < -0.3 is 19.5 Å². The summed E-state index contributed by atoms with van der Waals surface area (Å²) < 4.78 is 29.1. The van der Waals surface area contributed by atoms with E-state index in [-0.39, 0.29) is 24.9 Å². The SMILES string of the molecule is COC(=O)COc1ccc(C(=O)NCC(C)(C)c2ccccc2F)cc1OC. The Hall–Kier alpha value is -3.09. The highest BCUT2D eigenvalue weighted by atomic mass is 19.1. The van der Waals surface area contributed by atoms with E-state index in [2.05, 4.69) is 10.1 Å². The van der Waals surface area contributed by atoms with Crippen molar-refractivity contribution in [2.24, 2.45) is 0 Å². The molecule has 2 rings (SSSR count). The van der Waals surface area contributed by atoms with Crippen LogP contribution < -0.4 is 14.8 Å². The maximum Gasteiger partial charge on any atom is 0.343 e. The van der Waals surface area contributed by atoms with Crippen molar-refractivity contribution in [3.8, 4) is 11.5 Å². The number of hydrogen-bond donors (Lipinski definition) is 1. The maximum atomic E-state index is 14.1. The molecule has 2 aromatic rings. The Kier molecular flexibility index (Phi) is 6.98. The number of carbonyl (C=O) groups excluding carboxylic acids is 2. The molecule has 0 fully saturated rings. The van der Waals surface area contributed by atoms with Crippen LogP contribution >= 0.6 is 0 Å². The molecule has 0 saturated carbocycles. The smallest absolute Gasteiger partial charge is 0.343 e. The second-order valence-corrected chi connectivity index (χ2v) is 6.78. The molecule has 1 amide bonds. The second-order valence-electron chi connectivity index (χ2n) is 6.78. The summed E-state index contributed by atoms with van der Waals surface area (Å²) in [7, 11) is 2.70. The number of ether oxygens (including phenoxy) is 3. The van der Waals surface area contributed by atoms with E-state index in [4.69, 9.17) is 9.47 Å². The van der Waals surface area contributed by atoms with E-state index < -0.39 is 11.4 Å². The minimum absolute atomic E-state index is 0.246. The van der Waals surface area contributed by atoms with Gasteiger partial charge in [-0.05, 0) is 29.8 Å². The van der Waals surface area contributed by atoms with Gasteiger partial charge in [-0.2, -0.15) is 0 Å². The summed E-state index contributed by atoms with van der Waals surface area (Å²) in [5.41, 5.74) is 0.292. The van der Waals surface area contributed by atoms with Gasteiger partial charge in [0.1, 0.15) is 5.82 Å². The molecule has 7 heteroatoms. The number of methoxy groups -OCH3 is 2. The predicted molar refractivity (Wildman–Crippen MR) is 102 cm³/mol. The van der Waals surface area contributed by atoms with Crippen LogP contribution in [0.3, 0.4) is 0 Å². The van der Waals surface area contributed by atoms with E-state index in [1.807, 2.05) is 13.8 Å². The summed E-state index contributed by atoms with van der Waals surface area (Å²) >= 11 is 0. The van der Waals surface area contributed by atoms with E-state index >= 15 is 0 Å². The number of halogens is 1. The Morgan fingerprint density at radius 3 is 2.43 bits per heavy atom. The first-order valence-electron chi connectivity index (χ1n) is 8.69. The van der Waals surface area contributed by atoms with Crippen LogP contribution in [-0.4, -0.2) is 39.2 Å². The molecular weight excluding hydrogens is 365 g/mol. The van der Waals surface area contributed by atoms with E-state index in [9.17, 15) is 14.0 Å². The van der Waals surface area contributed by atoms with Gasteiger partial charge in [0, 0.05) is 17.5 Å². The Bertz CT molecular complexity index is 850. The van der Waals surface area contributed by atoms with Gasteiger partial charge in [-0.1, -0.05) is 32.0 Å². The van der Waals surface area contributed by atoms with Gasteiger partial charge in [0.2, 0.25) is 0 Å². The molecule has 0 unspecified atom stereocenters. The third-order valence-electron chi connectivity index (χ3n) is 4.29. The zero-order chi connectivity index (χ0) is 20.7. The van der Waals surface area contributed by atoms with Crippen LogP contribution in [0.15, 0.2) is 42.5 Å². The number of amides is 1. The summed E-state index contributed by atoms with van der Waals surface area (Å²) in [6.07, 6.45) is 0. The number of rotatable bonds is 8. The van der Waals surface area contributed by atoms with Crippen molar-refractivity contribution in [3.05, 3.63) is 59.4 Å². The lowest BCUT2D eigenvalue weighted by Gasteiger charge is -2.26. The third kappa shape index (κ3) is 5.22. The van der Waals surface area contributed by atoms with Crippen molar-refractivity contribution in [2.45, 2.75) is 19.3 Å². The van der Waals surface area contributed by atoms with Gasteiger partial charge in [0.25, 0.3) is 5.91 Å². The lowest BCUT2D eigenvalue weighted by atomic mass is 9.84. The fraction of sp³-hybridized carbons (Fsp3) is 0.333. The van der Waals surface area contributed by atoms with Crippen molar-refractivity contribution >= 4 is 11.9 Å². The van der Waals surface area contributed by atoms with Crippen molar-refractivity contribution < 1.29 is 28.2 Å². The number of esters is 1. The third-order valence-corrected chi connectivity index (χ3v) is 4.29. The monoisotopic (exact) mass is 389 g/mol. The molecule has 0 aliphatic heterocycles. The summed E-state index contributed by atoms with van der Waals surface area (Å²) in [5, 5.41) is 2.82. The molecule has 2 aromatic carbocycles. The lowest BCUT2D eigenvalue weighted by molar-refractivity contribution is -0.142. The number of hydrogen-bond acceptors (Lipinski definition) is 5. The molecule has 0 heterocycles. The Morgan fingerprint density at radius 1 is 1.07 bits per heavy atom. The summed E-state index contributed by atoms with van der Waals surface area (Å²) in [5.74, 6) is -0.543. The van der Waals surface area contributed by atoms with Crippen molar-refractivity contribution in [2.75, 3.05) is 27.4 Å². The first kappa shape index (κ1) is 21.2. The van der Waals surface area contributed by atoms with Crippen LogP contribution in [0.25, 0.3) is 0 Å². The minimum atomic E-state index is -0.589. The van der Waals surface area contributed by atoms with Crippen LogP contribution in [0.4, 0.5) is 4.39 Å². The quantitative estimate of drug-likeness (QED) is 0.703. The predicted octanol–water partition coefficient (Wildman–Crippen LogP) is 3.09. The second kappa shape index (κ2) is 9.21. The Labute approximate surface area is 163 Å². The van der Waals surface area contributed by atoms with Gasteiger partial charge in [-0.25, -0.2) is 9.18 Å². The van der Waals surface area contributed by atoms with Gasteiger partial charge >= 0.3 is 5.97 Å². The molecule has 28 heavy (non-hydrogen) atoms. The fourth-order valence-electron chi connectivity index (χ4n) is 2.63. The van der Waals surface area contributed by atoms with E-state index in [1.54, 1.807) is 30.3 Å². The molecule has 0 aliphatic rings. The van der Waals surface area contributed by atoms with E-state index in [0.717, 1.165) is 0 Å². The standard InChI is InChI=1S/C21H24FNO5/c1-21(2,15-7-5-6-8-16(15)22)13-23-20(25)14-9-10-17(18(11-14)26-3)28-12-19(24)27-4/h5-11H,12-13H2,1-4H3,(H,23,25). The Balaban J connectivity index is 2.07. The van der Waals surface area contributed by atoms with Crippen LogP contribution in [0, 0.1) is 5.82 Å². The molecule has 0 bridgehead atoms. The molecule has 0 saturated heterocycles. The molecule has 0 aromatic heterocycles. The van der Waals surface area contributed by atoms with Crippen LogP contribution in [-0.2, 0) is 14.9 Å². The molecule has 0 aliphatic carbocycles. The molecule has 6 nitrogen and oxygen atoms in total. The molecule has 150 valence electrons. The highest BCUT2D eigenvalue weighted by Gasteiger charge is 2.25. The summed E-state index contributed by atoms with van der Waals surface area (Å²) in [4.78, 5) is 23.7. The van der Waals surface area contributed by atoms with Crippen molar-refractivity contribution in [1.29, 1.82) is 0 Å². The van der Waals surface area contributed by atoms with Gasteiger partial charge in [0.05, 0.1) is 14.2 Å². The number of nitrogens with one attached hydrogen (secondary N) is 1. The highest BCUT2D eigenvalue weighted by molar-refractivity contribution is 5.95. The zero-order valence-corrected chi connectivity index (χ0v) is 16.4.